The van der Waals surface area contributed by atoms with Crippen LogP contribution in [-0.2, 0) is 0 Å². The van der Waals surface area contributed by atoms with E-state index in [0.29, 0.717) is 6.04 Å². The molecule has 0 bridgehead atoms. The van der Waals surface area contributed by atoms with E-state index < -0.39 is 0 Å². The van der Waals surface area contributed by atoms with Gasteiger partial charge in [0.15, 0.2) is 0 Å². The fourth-order valence-corrected chi connectivity index (χ4v) is 1.45. The Hall–Kier alpha value is -0.930. The maximum atomic E-state index is 4.14. The van der Waals surface area contributed by atoms with Gasteiger partial charge < -0.3 is 10.2 Å². The normalized spacial score (nSPS) is 13.1. The highest BCUT2D eigenvalue weighted by Gasteiger charge is 2.12. The van der Waals surface area contributed by atoms with Gasteiger partial charge >= 0.3 is 0 Å². The molecule has 1 rings (SSSR count). The molecule has 1 aromatic rings. The predicted octanol–water partition coefficient (Wildman–Crippen LogP) is 1.29. The van der Waals surface area contributed by atoms with Crippen molar-refractivity contribution in [3.8, 4) is 0 Å². The Morgan fingerprint density at radius 3 is 2.79 bits per heavy atom. The molecule has 1 aromatic heterocycles. The van der Waals surface area contributed by atoms with Crippen LogP contribution in [0.15, 0.2) is 24.5 Å². The monoisotopic (exact) mass is 193 g/mol. The average molecular weight is 193 g/mol. The van der Waals surface area contributed by atoms with Gasteiger partial charge in [-0.2, -0.15) is 0 Å². The van der Waals surface area contributed by atoms with Crippen molar-refractivity contribution in [3.63, 3.8) is 0 Å². The predicted molar refractivity (Wildman–Crippen MR) is 59.2 cm³/mol. The molecular weight excluding hydrogens is 174 g/mol. The van der Waals surface area contributed by atoms with Crippen LogP contribution in [0.5, 0.6) is 0 Å². The molecule has 14 heavy (non-hydrogen) atoms. The van der Waals surface area contributed by atoms with Gasteiger partial charge in [0.1, 0.15) is 0 Å². The van der Waals surface area contributed by atoms with Crippen LogP contribution in [0.25, 0.3) is 0 Å². The minimum atomic E-state index is 0.406. The zero-order chi connectivity index (χ0) is 10.4. The van der Waals surface area contributed by atoms with Crippen molar-refractivity contribution in [3.05, 3.63) is 30.1 Å². The lowest BCUT2D eigenvalue weighted by atomic mass is 10.1. The number of nitrogens with zero attached hydrogens (tertiary/aromatic N) is 2. The summed E-state index contributed by atoms with van der Waals surface area (Å²) in [5.41, 5.74) is 1.26. The number of nitrogens with one attached hydrogen (secondary N) is 1. The van der Waals surface area contributed by atoms with Crippen LogP contribution >= 0.6 is 0 Å². The maximum absolute atomic E-state index is 4.14. The lowest BCUT2D eigenvalue weighted by molar-refractivity contribution is 0.290. The van der Waals surface area contributed by atoms with E-state index >= 15 is 0 Å². The summed E-state index contributed by atoms with van der Waals surface area (Å²) in [5, 5.41) is 3.36. The lowest BCUT2D eigenvalue weighted by Gasteiger charge is -2.24. The Morgan fingerprint density at radius 1 is 1.50 bits per heavy atom. The summed E-state index contributed by atoms with van der Waals surface area (Å²) in [6.07, 6.45) is 3.74. The molecule has 1 N–H and O–H groups in total. The maximum Gasteiger partial charge on any atom is 0.0482 e. The van der Waals surface area contributed by atoms with E-state index in [1.807, 2.05) is 18.5 Å². The van der Waals surface area contributed by atoms with Crippen molar-refractivity contribution < 1.29 is 0 Å². The van der Waals surface area contributed by atoms with Gasteiger partial charge in [0, 0.05) is 25.0 Å². The Bertz CT molecular complexity index is 246. The van der Waals surface area contributed by atoms with E-state index in [4.69, 9.17) is 0 Å². The highest BCUT2D eigenvalue weighted by Crippen LogP contribution is 2.15. The zero-order valence-corrected chi connectivity index (χ0v) is 9.20. The lowest BCUT2D eigenvalue weighted by Crippen LogP contribution is -2.30. The first-order valence-corrected chi connectivity index (χ1v) is 5.02. The summed E-state index contributed by atoms with van der Waals surface area (Å²) < 4.78 is 0. The van der Waals surface area contributed by atoms with Crippen molar-refractivity contribution >= 4 is 0 Å². The van der Waals surface area contributed by atoms with Crippen LogP contribution in [0, 0.1) is 0 Å². The summed E-state index contributed by atoms with van der Waals surface area (Å²) in [5.74, 6) is 0. The van der Waals surface area contributed by atoms with Crippen molar-refractivity contribution in [2.75, 3.05) is 27.2 Å². The van der Waals surface area contributed by atoms with Gasteiger partial charge in [0.2, 0.25) is 0 Å². The molecule has 3 heteroatoms. The molecule has 0 radical (unpaired) electrons. The van der Waals surface area contributed by atoms with Gasteiger partial charge in [0.05, 0.1) is 0 Å². The van der Waals surface area contributed by atoms with Gasteiger partial charge in [-0.05, 0) is 32.3 Å². The van der Waals surface area contributed by atoms with Crippen LogP contribution in [0.2, 0.25) is 0 Å². The highest BCUT2D eigenvalue weighted by atomic mass is 15.1. The average Bonchev–Trinajstić information content (AvgIpc) is 2.19. The van der Waals surface area contributed by atoms with Crippen molar-refractivity contribution in [1.82, 2.24) is 15.2 Å². The summed E-state index contributed by atoms with van der Waals surface area (Å²) in [4.78, 5) is 6.35. The topological polar surface area (TPSA) is 28.2 Å². The molecule has 0 saturated carbocycles. The highest BCUT2D eigenvalue weighted by molar-refractivity contribution is 5.14. The third kappa shape index (κ3) is 3.09. The number of rotatable bonds is 5. The smallest absolute Gasteiger partial charge is 0.0482 e. The first kappa shape index (κ1) is 11.1. The SMILES string of the molecule is CCNCC(c1cccnc1)N(C)C. The Labute approximate surface area is 86.2 Å². The molecule has 0 aliphatic carbocycles. The van der Waals surface area contributed by atoms with Gasteiger partial charge in [-0.3, -0.25) is 4.98 Å². The van der Waals surface area contributed by atoms with Crippen LogP contribution in [-0.4, -0.2) is 37.1 Å². The van der Waals surface area contributed by atoms with E-state index in [1.165, 1.54) is 5.56 Å². The molecule has 0 saturated heterocycles. The minimum Gasteiger partial charge on any atom is -0.315 e. The van der Waals surface area contributed by atoms with Gasteiger partial charge in [0.25, 0.3) is 0 Å². The number of pyridine rings is 1. The molecule has 0 aliphatic heterocycles. The van der Waals surface area contributed by atoms with Crippen LogP contribution < -0.4 is 5.32 Å². The molecule has 1 atom stereocenters. The summed E-state index contributed by atoms with van der Waals surface area (Å²) in [7, 11) is 4.18. The van der Waals surface area contributed by atoms with Crippen LogP contribution in [0.3, 0.4) is 0 Å². The standard InChI is InChI=1S/C11H19N3/c1-4-12-9-11(14(2)3)10-6-5-7-13-8-10/h5-8,11-12H,4,9H2,1-3H3. The number of hydrogen-bond acceptors (Lipinski definition) is 3. The number of hydrogen-bond donors (Lipinski definition) is 1. The van der Waals surface area contributed by atoms with E-state index in [2.05, 4.69) is 42.3 Å². The Kier molecular flexibility index (Phi) is 4.56. The van der Waals surface area contributed by atoms with Crippen molar-refractivity contribution in [2.24, 2.45) is 0 Å². The molecule has 3 nitrogen and oxygen atoms in total. The van der Waals surface area contributed by atoms with Crippen molar-refractivity contribution in [1.29, 1.82) is 0 Å². The van der Waals surface area contributed by atoms with E-state index in [9.17, 15) is 0 Å². The number of likely N-dealkylation sites (N-methyl/N-ethyl adjacent to an activating group) is 2. The van der Waals surface area contributed by atoms with Gasteiger partial charge in [-0.15, -0.1) is 0 Å². The van der Waals surface area contributed by atoms with E-state index in [-0.39, 0.29) is 0 Å². The summed E-state index contributed by atoms with van der Waals surface area (Å²) in [6.45, 7) is 4.09. The molecule has 0 fully saturated rings. The molecule has 0 aliphatic rings. The fourth-order valence-electron chi connectivity index (χ4n) is 1.45. The summed E-state index contributed by atoms with van der Waals surface area (Å²) >= 11 is 0. The van der Waals surface area contributed by atoms with Crippen molar-refractivity contribution in [2.45, 2.75) is 13.0 Å². The van der Waals surface area contributed by atoms with E-state index in [1.54, 1.807) is 0 Å². The van der Waals surface area contributed by atoms with E-state index in [0.717, 1.165) is 13.1 Å². The van der Waals surface area contributed by atoms with Crippen LogP contribution in [0.4, 0.5) is 0 Å². The quantitative estimate of drug-likeness (QED) is 0.764. The second-order valence-corrected chi connectivity index (χ2v) is 3.57. The second-order valence-electron chi connectivity index (χ2n) is 3.57. The van der Waals surface area contributed by atoms with Gasteiger partial charge in [-0.1, -0.05) is 13.0 Å². The molecular formula is C11H19N3. The second kappa shape index (κ2) is 5.73. The molecule has 0 aromatic carbocycles. The molecule has 0 amide bonds. The summed E-state index contributed by atoms with van der Waals surface area (Å²) in [6, 6.07) is 4.51. The minimum absolute atomic E-state index is 0.406. The van der Waals surface area contributed by atoms with Gasteiger partial charge in [-0.25, -0.2) is 0 Å². The number of aromatic nitrogens is 1. The third-order valence-corrected chi connectivity index (χ3v) is 2.28. The Morgan fingerprint density at radius 2 is 2.29 bits per heavy atom. The molecule has 0 spiro atoms. The van der Waals surface area contributed by atoms with Crippen LogP contribution in [0.1, 0.15) is 18.5 Å². The Balaban J connectivity index is 2.68. The molecule has 78 valence electrons. The molecule has 1 unspecified atom stereocenters. The molecule has 1 heterocycles. The first-order chi connectivity index (χ1) is 6.75. The first-order valence-electron chi connectivity index (χ1n) is 5.02. The zero-order valence-electron chi connectivity index (χ0n) is 9.20. The fraction of sp³-hybridized carbons (Fsp3) is 0.545. The third-order valence-electron chi connectivity index (χ3n) is 2.28. The largest absolute Gasteiger partial charge is 0.315 e.